The minimum Gasteiger partial charge on any atom is -0.392 e. The zero-order valence-electron chi connectivity index (χ0n) is 24.4. The Hall–Kier alpha value is -2.99. The molecule has 0 aliphatic carbocycles. The van der Waals surface area contributed by atoms with Crippen LogP contribution in [0.5, 0.6) is 0 Å². The van der Waals surface area contributed by atoms with Gasteiger partial charge in [0.25, 0.3) is 0 Å². The SMILES string of the molecule is CC1C(CN2CCCCC2)OC(c2ccc(CNC(=O)C3CCCN3C(=O)C(F)(F)F)cc2)OC1c1ccc(CO)cc1. The number of nitrogens with one attached hydrogen (secondary N) is 1. The summed E-state index contributed by atoms with van der Waals surface area (Å²) < 4.78 is 51.9. The van der Waals surface area contributed by atoms with E-state index in [1.54, 1.807) is 0 Å². The van der Waals surface area contributed by atoms with E-state index in [9.17, 15) is 27.9 Å². The van der Waals surface area contributed by atoms with Crippen LogP contribution in [0.1, 0.15) is 73.7 Å². The molecule has 11 heteroatoms. The van der Waals surface area contributed by atoms with Crippen LogP contribution in [-0.2, 0) is 32.2 Å². The van der Waals surface area contributed by atoms with E-state index in [4.69, 9.17) is 9.47 Å². The topological polar surface area (TPSA) is 91.3 Å². The number of ether oxygens (including phenoxy) is 2. The smallest absolute Gasteiger partial charge is 0.392 e. The predicted molar refractivity (Wildman–Crippen MR) is 152 cm³/mol. The molecule has 8 nitrogen and oxygen atoms in total. The lowest BCUT2D eigenvalue weighted by Crippen LogP contribution is -2.50. The number of carbonyl (C=O) groups is 2. The van der Waals surface area contributed by atoms with Crippen LogP contribution in [0.15, 0.2) is 48.5 Å². The molecular formula is C32H40F3N3O5. The number of rotatable bonds is 8. The number of alkyl halides is 3. The molecule has 5 unspecified atom stereocenters. The van der Waals surface area contributed by atoms with Crippen LogP contribution < -0.4 is 5.32 Å². The molecule has 2 N–H and O–H groups in total. The molecule has 2 amide bonds. The van der Waals surface area contributed by atoms with E-state index in [0.29, 0.717) is 11.3 Å². The summed E-state index contributed by atoms with van der Waals surface area (Å²) in [5.74, 6) is -2.48. The number of carbonyl (C=O) groups excluding carboxylic acids is 2. The molecule has 3 aliphatic rings. The maximum atomic E-state index is 12.9. The Bertz CT molecular complexity index is 1230. The summed E-state index contributed by atoms with van der Waals surface area (Å²) in [4.78, 5) is 27.5. The first kappa shape index (κ1) is 31.4. The Morgan fingerprint density at radius 2 is 1.56 bits per heavy atom. The third-order valence-electron chi connectivity index (χ3n) is 8.79. The molecule has 0 aromatic heterocycles. The Morgan fingerprint density at radius 1 is 0.907 bits per heavy atom. The quantitative estimate of drug-likeness (QED) is 0.458. The largest absolute Gasteiger partial charge is 0.471 e. The van der Waals surface area contributed by atoms with Crippen molar-refractivity contribution < 1.29 is 37.3 Å². The average Bonchev–Trinajstić information content (AvgIpc) is 3.51. The number of nitrogens with zero attached hydrogens (tertiary/aromatic N) is 2. The van der Waals surface area contributed by atoms with E-state index in [1.165, 1.54) is 19.3 Å². The number of aliphatic hydroxyl groups is 1. The molecule has 5 atom stereocenters. The molecule has 0 saturated carbocycles. The third kappa shape index (κ3) is 7.57. The number of amides is 2. The summed E-state index contributed by atoms with van der Waals surface area (Å²) in [5, 5.41) is 12.2. The summed E-state index contributed by atoms with van der Waals surface area (Å²) in [5.41, 5.74) is 3.43. The Morgan fingerprint density at radius 3 is 2.21 bits per heavy atom. The normalized spacial score (nSPS) is 26.8. The number of hydrogen-bond donors (Lipinski definition) is 2. The number of halogens is 3. The van der Waals surface area contributed by atoms with Crippen LogP contribution in [0.4, 0.5) is 13.2 Å². The predicted octanol–water partition coefficient (Wildman–Crippen LogP) is 4.63. The molecule has 3 fully saturated rings. The van der Waals surface area contributed by atoms with Crippen molar-refractivity contribution in [3.63, 3.8) is 0 Å². The summed E-state index contributed by atoms with van der Waals surface area (Å²) in [6, 6.07) is 14.1. The van der Waals surface area contributed by atoms with Crippen molar-refractivity contribution >= 4 is 11.8 Å². The first-order chi connectivity index (χ1) is 20.6. The lowest BCUT2D eigenvalue weighted by molar-refractivity contribution is -0.276. The van der Waals surface area contributed by atoms with Crippen molar-refractivity contribution in [3.05, 3.63) is 70.8 Å². The first-order valence-corrected chi connectivity index (χ1v) is 15.1. The van der Waals surface area contributed by atoms with Gasteiger partial charge in [0.2, 0.25) is 5.91 Å². The maximum Gasteiger partial charge on any atom is 0.471 e. The van der Waals surface area contributed by atoms with Crippen LogP contribution in [0.25, 0.3) is 0 Å². The zero-order chi connectivity index (χ0) is 30.6. The second-order valence-corrected chi connectivity index (χ2v) is 11.8. The highest BCUT2D eigenvalue weighted by Gasteiger charge is 2.47. The van der Waals surface area contributed by atoms with Crippen LogP contribution in [-0.4, -0.2) is 71.2 Å². The van der Waals surface area contributed by atoms with Gasteiger partial charge in [0.15, 0.2) is 6.29 Å². The highest BCUT2D eigenvalue weighted by molar-refractivity contribution is 5.90. The molecule has 234 valence electrons. The van der Waals surface area contributed by atoms with Crippen LogP contribution >= 0.6 is 0 Å². The Balaban J connectivity index is 1.25. The first-order valence-electron chi connectivity index (χ1n) is 15.1. The number of benzene rings is 2. The monoisotopic (exact) mass is 603 g/mol. The number of hydrogen-bond acceptors (Lipinski definition) is 6. The van der Waals surface area contributed by atoms with Gasteiger partial charge in [-0.3, -0.25) is 9.59 Å². The van der Waals surface area contributed by atoms with Gasteiger partial charge < -0.3 is 29.7 Å². The van der Waals surface area contributed by atoms with E-state index in [2.05, 4.69) is 17.1 Å². The van der Waals surface area contributed by atoms with E-state index < -0.39 is 30.3 Å². The van der Waals surface area contributed by atoms with Crippen LogP contribution in [0.3, 0.4) is 0 Å². The highest BCUT2D eigenvalue weighted by Crippen LogP contribution is 2.42. The molecule has 2 aromatic rings. The summed E-state index contributed by atoms with van der Waals surface area (Å²) in [6.07, 6.45) is -1.73. The van der Waals surface area contributed by atoms with Gasteiger partial charge in [-0.05, 0) is 55.5 Å². The van der Waals surface area contributed by atoms with Gasteiger partial charge >= 0.3 is 12.1 Å². The minimum atomic E-state index is -5.01. The fraction of sp³-hybridized carbons (Fsp3) is 0.562. The van der Waals surface area contributed by atoms with Crippen molar-refractivity contribution in [2.75, 3.05) is 26.2 Å². The van der Waals surface area contributed by atoms with Crippen LogP contribution in [0.2, 0.25) is 0 Å². The van der Waals surface area contributed by atoms with E-state index in [0.717, 1.165) is 41.9 Å². The van der Waals surface area contributed by atoms with Crippen molar-refractivity contribution in [1.29, 1.82) is 0 Å². The van der Waals surface area contributed by atoms with Gasteiger partial charge in [-0.1, -0.05) is 61.9 Å². The lowest BCUT2D eigenvalue weighted by atomic mass is 9.89. The van der Waals surface area contributed by atoms with Crippen LogP contribution in [0, 0.1) is 5.92 Å². The van der Waals surface area contributed by atoms with Gasteiger partial charge in [-0.25, -0.2) is 0 Å². The highest BCUT2D eigenvalue weighted by atomic mass is 19.4. The number of piperidine rings is 1. The number of likely N-dealkylation sites (tertiary alicyclic amines) is 2. The summed E-state index contributed by atoms with van der Waals surface area (Å²) in [6.45, 7) is 5.07. The Labute approximate surface area is 250 Å². The van der Waals surface area contributed by atoms with Gasteiger partial charge in [0.05, 0.1) is 18.8 Å². The standard InChI is InChI=1S/C32H40F3N3O5/c1-21-27(19-37-15-3-2-4-16-37)42-30(43-28(21)24-11-9-23(20-39)10-12-24)25-13-7-22(8-14-25)18-36-29(40)26-6-5-17-38(26)31(41)32(33,34)35/h7-14,21,26-28,30,39H,2-6,15-20H2,1H3,(H,36,40). The summed E-state index contributed by atoms with van der Waals surface area (Å²) >= 11 is 0. The van der Waals surface area contributed by atoms with Crippen molar-refractivity contribution in [2.45, 2.75) is 82.9 Å². The van der Waals surface area contributed by atoms with E-state index in [-0.39, 0.29) is 44.2 Å². The molecule has 0 bridgehead atoms. The maximum absolute atomic E-state index is 12.9. The van der Waals surface area contributed by atoms with Crippen molar-refractivity contribution in [2.24, 2.45) is 5.92 Å². The van der Waals surface area contributed by atoms with Gasteiger partial charge in [0.1, 0.15) is 6.04 Å². The second kappa shape index (κ2) is 13.8. The molecule has 3 saturated heterocycles. The van der Waals surface area contributed by atoms with E-state index >= 15 is 0 Å². The molecule has 3 aliphatic heterocycles. The van der Waals surface area contributed by atoms with E-state index in [1.807, 2.05) is 48.5 Å². The molecule has 0 spiro atoms. The van der Waals surface area contributed by atoms with Gasteiger partial charge in [-0.15, -0.1) is 0 Å². The molecule has 3 heterocycles. The fourth-order valence-electron chi connectivity index (χ4n) is 6.27. The molecule has 5 rings (SSSR count). The fourth-order valence-corrected chi connectivity index (χ4v) is 6.27. The van der Waals surface area contributed by atoms with Gasteiger partial charge in [-0.2, -0.15) is 13.2 Å². The molecule has 2 aromatic carbocycles. The van der Waals surface area contributed by atoms with Crippen molar-refractivity contribution in [3.8, 4) is 0 Å². The molecule has 0 radical (unpaired) electrons. The second-order valence-electron chi connectivity index (χ2n) is 11.8. The Kier molecular flexibility index (Phi) is 10.1. The number of aliphatic hydroxyl groups excluding tert-OH is 1. The van der Waals surface area contributed by atoms with Crippen molar-refractivity contribution in [1.82, 2.24) is 15.1 Å². The molecular weight excluding hydrogens is 563 g/mol. The third-order valence-corrected chi connectivity index (χ3v) is 8.79. The molecule has 43 heavy (non-hydrogen) atoms. The summed E-state index contributed by atoms with van der Waals surface area (Å²) in [7, 11) is 0. The van der Waals surface area contributed by atoms with Gasteiger partial charge in [0, 0.05) is 31.1 Å². The minimum absolute atomic E-state index is 0.0257. The zero-order valence-corrected chi connectivity index (χ0v) is 24.4. The average molecular weight is 604 g/mol. The lowest BCUT2D eigenvalue weighted by Gasteiger charge is -2.43.